The van der Waals surface area contributed by atoms with Crippen molar-refractivity contribution < 1.29 is 9.31 Å². The fraction of sp³-hybridized carbons (Fsp3) is 0.494. The highest BCUT2D eigenvalue weighted by molar-refractivity contribution is 6.62. The van der Waals surface area contributed by atoms with Crippen molar-refractivity contribution in [2.75, 3.05) is 0 Å². The van der Waals surface area contributed by atoms with Crippen LogP contribution in [0.25, 0.3) is 66.8 Å². The van der Waals surface area contributed by atoms with E-state index in [0.717, 1.165) is 31.1 Å². The predicted molar refractivity (Wildman–Crippen MR) is 377 cm³/mol. The van der Waals surface area contributed by atoms with Gasteiger partial charge in [0.25, 0.3) is 0 Å². The molecule has 1 fully saturated rings. The lowest BCUT2D eigenvalue weighted by Gasteiger charge is -2.33. The summed E-state index contributed by atoms with van der Waals surface area (Å²) in [5, 5.41) is 0. The van der Waals surface area contributed by atoms with Crippen molar-refractivity contribution in [2.45, 2.75) is 245 Å². The van der Waals surface area contributed by atoms with Crippen LogP contribution < -0.4 is 5.46 Å². The highest BCUT2D eigenvalue weighted by Gasteiger charge is 2.52. The average Bonchev–Trinajstić information content (AvgIpc) is 1.25. The molecule has 0 spiro atoms. The van der Waals surface area contributed by atoms with E-state index in [1.165, 1.54) is 106 Å². The van der Waals surface area contributed by atoms with Crippen LogP contribution in [0, 0.1) is 42.4 Å². The van der Waals surface area contributed by atoms with Crippen LogP contribution >= 0.6 is 0 Å². The molecular weight excluding hydrogens is 1040 g/mol. The molecule has 0 aromatic heterocycles. The zero-order valence-corrected chi connectivity index (χ0v) is 58.9. The molecule has 0 bridgehead atoms. The van der Waals surface area contributed by atoms with Crippen LogP contribution in [0.3, 0.4) is 0 Å². The van der Waals surface area contributed by atoms with E-state index in [4.69, 9.17) is 9.31 Å². The Labute approximate surface area is 525 Å². The predicted octanol–water partition coefficient (Wildman–Crippen LogP) is 23.8. The van der Waals surface area contributed by atoms with Crippen LogP contribution in [-0.2, 0) is 31.0 Å². The van der Waals surface area contributed by atoms with E-state index in [2.05, 4.69) is 320 Å². The lowest BCUT2D eigenvalue weighted by atomic mass is 9.72. The van der Waals surface area contributed by atoms with Gasteiger partial charge < -0.3 is 9.31 Å². The molecule has 3 heteroatoms. The van der Waals surface area contributed by atoms with E-state index in [0.29, 0.717) is 0 Å². The summed E-state index contributed by atoms with van der Waals surface area (Å²) < 4.78 is 14.1. The van der Waals surface area contributed by atoms with Gasteiger partial charge in [-0.15, -0.1) is 0 Å². The summed E-state index contributed by atoms with van der Waals surface area (Å²) in [7, 11) is -0.576. The Morgan fingerprint density at radius 3 is 0.651 bits per heavy atom. The Bertz CT molecular complexity index is 3130. The minimum Gasteiger partial charge on any atom is -0.399 e. The minimum absolute atomic E-state index is 0.0252. The molecule has 0 aliphatic carbocycles. The molecule has 7 aromatic carbocycles. The van der Waals surface area contributed by atoms with Crippen LogP contribution in [0.4, 0.5) is 0 Å². The SMILES string of the molecule is Cc1c(-c2cc(-c3ccc(C(C)(C)CC(C)(C)C)cc3)c(C)c(-c3ccc(C(C)(C)CC(C)(C)C)cc3)c2)cc(B2OC(C)(C)C(C)(C)O2)cc1-c1cc(-c2ccc(C(C)(C)CC(C)(C)C)cc2)c(C)c(-c2ccc(C(C)(C)CC(C)(C)C)cc2)c1. The van der Waals surface area contributed by atoms with Gasteiger partial charge in [0.15, 0.2) is 0 Å². The van der Waals surface area contributed by atoms with E-state index in [-0.39, 0.29) is 43.3 Å². The number of rotatable bonds is 15. The van der Waals surface area contributed by atoms with Gasteiger partial charge in [-0.3, -0.25) is 0 Å². The quantitative estimate of drug-likeness (QED) is 0.0953. The van der Waals surface area contributed by atoms with Crippen molar-refractivity contribution in [2.24, 2.45) is 21.7 Å². The van der Waals surface area contributed by atoms with E-state index in [1.54, 1.807) is 0 Å². The van der Waals surface area contributed by atoms with Crippen molar-refractivity contribution >= 4 is 12.6 Å². The van der Waals surface area contributed by atoms with Gasteiger partial charge in [-0.25, -0.2) is 0 Å². The van der Waals surface area contributed by atoms with Crippen molar-refractivity contribution in [3.63, 3.8) is 0 Å². The highest BCUT2D eigenvalue weighted by Crippen LogP contribution is 2.47. The molecule has 1 aliphatic heterocycles. The van der Waals surface area contributed by atoms with E-state index in [1.807, 2.05) is 0 Å². The Morgan fingerprint density at radius 2 is 0.465 bits per heavy atom. The molecular formula is C83H111BO2. The molecule has 0 N–H and O–H groups in total. The minimum atomic E-state index is -0.576. The van der Waals surface area contributed by atoms with E-state index >= 15 is 0 Å². The summed E-state index contributed by atoms with van der Waals surface area (Å²) in [4.78, 5) is 0. The maximum Gasteiger partial charge on any atom is 0.494 e. The summed E-state index contributed by atoms with van der Waals surface area (Å²) in [6.07, 6.45) is 4.37. The fourth-order valence-electron chi connectivity index (χ4n) is 15.5. The monoisotopic (exact) mass is 1150 g/mol. The number of hydrogen-bond acceptors (Lipinski definition) is 2. The molecule has 8 rings (SSSR count). The second-order valence-corrected chi connectivity index (χ2v) is 35.0. The fourth-order valence-corrected chi connectivity index (χ4v) is 15.5. The zero-order chi connectivity index (χ0) is 63.9. The Kier molecular flexibility index (Phi) is 17.9. The number of hydrogen-bond donors (Lipinski definition) is 0. The molecule has 0 radical (unpaired) electrons. The molecule has 7 aromatic rings. The van der Waals surface area contributed by atoms with Gasteiger partial charge >= 0.3 is 7.12 Å². The van der Waals surface area contributed by atoms with Gasteiger partial charge in [-0.05, 0) is 253 Å². The third-order valence-corrected chi connectivity index (χ3v) is 19.2. The lowest BCUT2D eigenvalue weighted by molar-refractivity contribution is 0.00578. The first-order valence-electron chi connectivity index (χ1n) is 32.5. The third kappa shape index (κ3) is 15.0. The van der Waals surface area contributed by atoms with E-state index in [9.17, 15) is 0 Å². The summed E-state index contributed by atoms with van der Waals surface area (Å²) in [5.74, 6) is 0. The Balaban J connectivity index is 1.40. The molecule has 0 unspecified atom stereocenters. The Hall–Kier alpha value is -5.48. The van der Waals surface area contributed by atoms with Gasteiger partial charge in [0, 0.05) is 0 Å². The smallest absolute Gasteiger partial charge is 0.399 e. The first-order chi connectivity index (χ1) is 39.3. The second kappa shape index (κ2) is 23.2. The largest absolute Gasteiger partial charge is 0.494 e. The Morgan fingerprint density at radius 1 is 0.279 bits per heavy atom. The summed E-state index contributed by atoms with van der Waals surface area (Å²) in [6.45, 7) is 63.0. The molecule has 1 heterocycles. The van der Waals surface area contributed by atoms with Crippen LogP contribution in [0.1, 0.15) is 231 Å². The standard InChI is InChI=1S/C83H111BO2/c1-54-68(57-28-36-63(37-29-57)78(16,17)50-74(4,5)6)44-61(45-69(54)58-30-38-64(39-31-58)79(18,19)51-75(7,8)9)72-48-67(84-85-82(24,25)83(26,27)86-84)49-73(56(72)3)62-46-70(59-32-40-65(41-33-59)80(20,21)52-76(10,11)12)55(2)71(47-62)60-34-42-66(43-35-60)81(22,23)53-77(13,14)15/h28-49H,50-53H2,1-27H3. The molecule has 86 heavy (non-hydrogen) atoms. The second-order valence-electron chi connectivity index (χ2n) is 35.0. The molecule has 0 saturated carbocycles. The van der Waals surface area contributed by atoms with Gasteiger partial charge in [0.05, 0.1) is 11.2 Å². The van der Waals surface area contributed by atoms with E-state index < -0.39 is 18.3 Å². The normalized spacial score (nSPS) is 15.4. The molecule has 1 saturated heterocycles. The molecule has 2 nitrogen and oxygen atoms in total. The molecule has 1 aliphatic rings. The van der Waals surface area contributed by atoms with Gasteiger partial charge in [0.1, 0.15) is 0 Å². The molecule has 458 valence electrons. The van der Waals surface area contributed by atoms with Crippen LogP contribution in [-0.4, -0.2) is 18.3 Å². The third-order valence-electron chi connectivity index (χ3n) is 19.2. The van der Waals surface area contributed by atoms with Gasteiger partial charge in [-0.2, -0.15) is 0 Å². The first kappa shape index (κ1) is 66.5. The highest BCUT2D eigenvalue weighted by atomic mass is 16.7. The van der Waals surface area contributed by atoms with Crippen LogP contribution in [0.5, 0.6) is 0 Å². The maximum atomic E-state index is 7.03. The van der Waals surface area contributed by atoms with Crippen molar-refractivity contribution in [1.82, 2.24) is 0 Å². The van der Waals surface area contributed by atoms with Crippen molar-refractivity contribution in [3.05, 3.63) is 172 Å². The summed E-state index contributed by atoms with van der Waals surface area (Å²) in [5.41, 5.74) is 24.6. The molecule has 0 amide bonds. The van der Waals surface area contributed by atoms with Crippen molar-refractivity contribution in [1.29, 1.82) is 0 Å². The maximum absolute atomic E-state index is 7.03. The number of benzene rings is 7. The summed E-state index contributed by atoms with van der Waals surface area (Å²) >= 11 is 0. The topological polar surface area (TPSA) is 18.5 Å². The zero-order valence-electron chi connectivity index (χ0n) is 58.9. The first-order valence-corrected chi connectivity index (χ1v) is 32.5. The van der Waals surface area contributed by atoms with Crippen LogP contribution in [0.15, 0.2) is 133 Å². The lowest BCUT2D eigenvalue weighted by Crippen LogP contribution is -2.41. The van der Waals surface area contributed by atoms with Gasteiger partial charge in [0.2, 0.25) is 0 Å². The average molecular weight is 1150 g/mol. The van der Waals surface area contributed by atoms with Crippen molar-refractivity contribution in [3.8, 4) is 66.8 Å². The van der Waals surface area contributed by atoms with Gasteiger partial charge in [-0.1, -0.05) is 248 Å². The van der Waals surface area contributed by atoms with Crippen LogP contribution in [0.2, 0.25) is 0 Å². The summed E-state index contributed by atoms with van der Waals surface area (Å²) in [6, 6.07) is 52.7. The molecule has 0 atom stereocenters.